The second-order valence-electron chi connectivity index (χ2n) is 5.45. The third kappa shape index (κ3) is 4.11. The summed E-state index contributed by atoms with van der Waals surface area (Å²) in [4.78, 5) is 3.89. The average Bonchev–Trinajstić information content (AvgIpc) is 3.16. The van der Waals surface area contributed by atoms with Gasteiger partial charge in [-0.15, -0.1) is 0 Å². The lowest BCUT2D eigenvalue weighted by Gasteiger charge is -2.28. The van der Waals surface area contributed by atoms with Crippen molar-refractivity contribution in [3.05, 3.63) is 47.5 Å². The summed E-state index contributed by atoms with van der Waals surface area (Å²) < 4.78 is 45.9. The van der Waals surface area contributed by atoms with Crippen molar-refractivity contribution in [2.75, 3.05) is 12.4 Å². The van der Waals surface area contributed by atoms with E-state index in [1.165, 1.54) is 12.7 Å². The Labute approximate surface area is 144 Å². The number of nitrogens with zero attached hydrogens (tertiary/aromatic N) is 3. The summed E-state index contributed by atoms with van der Waals surface area (Å²) in [5, 5.41) is 4.62. The molecule has 2 unspecified atom stereocenters. The van der Waals surface area contributed by atoms with Gasteiger partial charge < -0.3 is 14.0 Å². The molecule has 1 saturated heterocycles. The minimum Gasteiger partial charge on any atom is -0.748 e. The van der Waals surface area contributed by atoms with Crippen LogP contribution < -0.4 is 0 Å². The van der Waals surface area contributed by atoms with Gasteiger partial charge in [-0.3, -0.25) is 0 Å². The van der Waals surface area contributed by atoms with E-state index in [1.54, 1.807) is 28.9 Å². The highest BCUT2D eigenvalue weighted by molar-refractivity contribution is 7.85. The fourth-order valence-electron chi connectivity index (χ4n) is 2.54. The number of hydrogen-bond donors (Lipinski definition) is 0. The lowest BCUT2D eigenvalue weighted by molar-refractivity contribution is -0.188. The van der Waals surface area contributed by atoms with Crippen LogP contribution in [0, 0.1) is 0 Å². The summed E-state index contributed by atoms with van der Waals surface area (Å²) in [6.45, 7) is 0.405. The SMILES string of the molecule is O=S(=O)([O-])CCC1COC(Cn2cncn2)(c2ccc(Cl)cc2)O1. The molecule has 2 atom stereocenters. The standard InChI is InChI=1S/C14H16ClN3O5S/c15-12-3-1-11(2-4-12)14(8-18-10-16-9-17-18)22-7-13(23-14)5-6-24(19,20)21/h1-4,9-10,13H,5-8H2,(H,19,20,21)/p-1. The summed E-state index contributed by atoms with van der Waals surface area (Å²) >= 11 is 5.92. The van der Waals surface area contributed by atoms with Crippen molar-refractivity contribution in [2.45, 2.75) is 24.9 Å². The molecule has 0 aliphatic carbocycles. The third-order valence-electron chi connectivity index (χ3n) is 3.67. The van der Waals surface area contributed by atoms with Crippen LogP contribution in [0.4, 0.5) is 0 Å². The van der Waals surface area contributed by atoms with Gasteiger partial charge in [0, 0.05) is 16.3 Å². The molecule has 24 heavy (non-hydrogen) atoms. The van der Waals surface area contributed by atoms with E-state index in [-0.39, 0.29) is 19.6 Å². The molecule has 0 N–H and O–H groups in total. The zero-order valence-corrected chi connectivity index (χ0v) is 14.1. The van der Waals surface area contributed by atoms with Gasteiger partial charge in [-0.1, -0.05) is 23.7 Å². The van der Waals surface area contributed by atoms with Gasteiger partial charge in [0.2, 0.25) is 5.79 Å². The van der Waals surface area contributed by atoms with Crippen LogP contribution in [-0.4, -0.2) is 46.2 Å². The van der Waals surface area contributed by atoms with Crippen LogP contribution in [0.3, 0.4) is 0 Å². The fourth-order valence-corrected chi connectivity index (χ4v) is 3.22. The van der Waals surface area contributed by atoms with Gasteiger partial charge in [0.15, 0.2) is 0 Å². The molecule has 0 bridgehead atoms. The highest BCUT2D eigenvalue weighted by Crippen LogP contribution is 2.37. The van der Waals surface area contributed by atoms with Crippen molar-refractivity contribution in [3.63, 3.8) is 0 Å². The second kappa shape index (κ2) is 6.77. The Morgan fingerprint density at radius 2 is 2.12 bits per heavy atom. The molecule has 1 fully saturated rings. The monoisotopic (exact) mass is 372 g/mol. The Kier molecular flexibility index (Phi) is 4.88. The van der Waals surface area contributed by atoms with Gasteiger partial charge in [-0.2, -0.15) is 5.10 Å². The topological polar surface area (TPSA) is 106 Å². The fraction of sp³-hybridized carbons (Fsp3) is 0.429. The quantitative estimate of drug-likeness (QED) is 0.699. The Morgan fingerprint density at radius 1 is 1.38 bits per heavy atom. The Bertz CT molecular complexity index is 781. The first-order valence-corrected chi connectivity index (χ1v) is 9.16. The largest absolute Gasteiger partial charge is 0.748 e. The van der Waals surface area contributed by atoms with E-state index in [4.69, 9.17) is 21.1 Å². The molecule has 130 valence electrons. The van der Waals surface area contributed by atoms with Crippen molar-refractivity contribution in [1.29, 1.82) is 0 Å². The van der Waals surface area contributed by atoms with Gasteiger partial charge >= 0.3 is 0 Å². The maximum Gasteiger partial charge on any atom is 0.215 e. The van der Waals surface area contributed by atoms with Crippen molar-refractivity contribution < 1.29 is 22.4 Å². The normalized spacial score (nSPS) is 24.3. The number of benzene rings is 1. The Balaban J connectivity index is 1.82. The minimum atomic E-state index is -4.30. The van der Waals surface area contributed by atoms with Crippen molar-refractivity contribution in [1.82, 2.24) is 14.8 Å². The van der Waals surface area contributed by atoms with E-state index in [2.05, 4.69) is 10.1 Å². The summed E-state index contributed by atoms with van der Waals surface area (Å²) in [6, 6.07) is 6.96. The molecule has 0 saturated carbocycles. The molecular formula is C14H15ClN3O5S-. The molecule has 0 radical (unpaired) electrons. The van der Waals surface area contributed by atoms with Crippen LogP contribution >= 0.6 is 11.6 Å². The van der Waals surface area contributed by atoms with E-state index in [9.17, 15) is 13.0 Å². The van der Waals surface area contributed by atoms with Crippen molar-refractivity contribution >= 4 is 21.7 Å². The van der Waals surface area contributed by atoms with E-state index in [0.717, 1.165) is 5.56 Å². The van der Waals surface area contributed by atoms with Crippen molar-refractivity contribution in [3.8, 4) is 0 Å². The smallest absolute Gasteiger partial charge is 0.215 e. The maximum absolute atomic E-state index is 10.8. The minimum absolute atomic E-state index is 0.0680. The zero-order chi connectivity index (χ0) is 17.2. The molecule has 1 aromatic carbocycles. The molecule has 2 heterocycles. The van der Waals surface area contributed by atoms with E-state index in [1.807, 2.05) is 0 Å². The lowest BCUT2D eigenvalue weighted by atomic mass is 10.1. The number of hydrogen-bond acceptors (Lipinski definition) is 7. The molecule has 10 heteroatoms. The molecule has 1 aliphatic heterocycles. The number of ether oxygens (including phenoxy) is 2. The zero-order valence-electron chi connectivity index (χ0n) is 12.5. The summed E-state index contributed by atoms with van der Waals surface area (Å²) in [6.07, 6.45) is 2.48. The van der Waals surface area contributed by atoms with Crippen LogP contribution in [0.15, 0.2) is 36.9 Å². The van der Waals surface area contributed by atoms with Crippen LogP contribution in [0.25, 0.3) is 0 Å². The molecule has 0 amide bonds. The Morgan fingerprint density at radius 3 is 2.75 bits per heavy atom. The van der Waals surface area contributed by atoms with Gasteiger partial charge in [0.05, 0.1) is 22.8 Å². The lowest BCUT2D eigenvalue weighted by Crippen LogP contribution is -2.34. The molecule has 1 aliphatic rings. The van der Waals surface area contributed by atoms with Crippen LogP contribution in [0.2, 0.25) is 5.02 Å². The second-order valence-corrected chi connectivity index (χ2v) is 7.41. The summed E-state index contributed by atoms with van der Waals surface area (Å²) in [7, 11) is -4.30. The van der Waals surface area contributed by atoms with Gasteiger partial charge in [-0.25, -0.2) is 18.1 Å². The molecule has 2 aromatic rings. The van der Waals surface area contributed by atoms with Crippen molar-refractivity contribution in [2.24, 2.45) is 0 Å². The van der Waals surface area contributed by atoms with E-state index in [0.29, 0.717) is 5.02 Å². The Hall–Kier alpha value is -1.52. The van der Waals surface area contributed by atoms with Crippen LogP contribution in [0.1, 0.15) is 12.0 Å². The molecule has 8 nitrogen and oxygen atoms in total. The molecular weight excluding hydrogens is 358 g/mol. The first-order valence-electron chi connectivity index (χ1n) is 7.20. The maximum atomic E-state index is 10.8. The first-order chi connectivity index (χ1) is 11.4. The summed E-state index contributed by atoms with van der Waals surface area (Å²) in [5.74, 6) is -1.64. The van der Waals surface area contributed by atoms with Gasteiger partial charge in [0.1, 0.15) is 19.2 Å². The predicted octanol–water partition coefficient (Wildman–Crippen LogP) is 1.14. The van der Waals surface area contributed by atoms with Crippen LogP contribution in [-0.2, 0) is 31.9 Å². The number of halogens is 1. The third-order valence-corrected chi connectivity index (χ3v) is 4.66. The van der Waals surface area contributed by atoms with E-state index < -0.39 is 27.8 Å². The van der Waals surface area contributed by atoms with Crippen LogP contribution in [0.5, 0.6) is 0 Å². The number of aromatic nitrogens is 3. The average molecular weight is 373 g/mol. The highest BCUT2D eigenvalue weighted by Gasteiger charge is 2.44. The summed E-state index contributed by atoms with van der Waals surface area (Å²) in [5.41, 5.74) is 0.717. The highest BCUT2D eigenvalue weighted by atomic mass is 35.5. The van der Waals surface area contributed by atoms with E-state index >= 15 is 0 Å². The molecule has 1 aromatic heterocycles. The number of rotatable bonds is 6. The molecule has 0 spiro atoms. The van der Waals surface area contributed by atoms with Gasteiger partial charge in [-0.05, 0) is 18.6 Å². The first kappa shape index (κ1) is 17.3. The molecule has 3 rings (SSSR count). The van der Waals surface area contributed by atoms with Gasteiger partial charge in [0.25, 0.3) is 0 Å². The predicted molar refractivity (Wildman–Crippen MR) is 83.2 cm³/mol.